The third-order valence-corrected chi connectivity index (χ3v) is 6.98. The third-order valence-electron chi connectivity index (χ3n) is 5.24. The van der Waals surface area contributed by atoms with Crippen molar-refractivity contribution in [1.82, 2.24) is 14.0 Å². The largest absolute Gasteiger partial charge is 0.379 e. The van der Waals surface area contributed by atoms with Crippen LogP contribution in [0.2, 0.25) is 5.02 Å². The standard InChI is InChI=1S/C21H24ClN5O3S/c1-23-21(25-31(28,29)26-11-13-30-14-12-26)27-15-19(16-5-3-2-4-6-16)20(24-27)17-7-9-18(22)10-8-17/h2-10,19H,11-15H2,1H3,(H,23,25). The first kappa shape index (κ1) is 21.8. The molecule has 0 bridgehead atoms. The summed E-state index contributed by atoms with van der Waals surface area (Å²) >= 11 is 6.06. The number of hydrazone groups is 1. The summed E-state index contributed by atoms with van der Waals surface area (Å²) in [6.45, 7) is 1.81. The fourth-order valence-electron chi connectivity index (χ4n) is 3.64. The van der Waals surface area contributed by atoms with E-state index in [1.165, 1.54) is 4.31 Å². The molecule has 8 nitrogen and oxygen atoms in total. The number of benzene rings is 2. The van der Waals surface area contributed by atoms with Crippen molar-refractivity contribution in [2.75, 3.05) is 39.9 Å². The molecule has 1 atom stereocenters. The monoisotopic (exact) mass is 461 g/mol. The molecule has 10 heteroatoms. The van der Waals surface area contributed by atoms with Gasteiger partial charge in [0.2, 0.25) is 5.96 Å². The Bertz CT molecular complexity index is 1070. The molecule has 2 aliphatic heterocycles. The van der Waals surface area contributed by atoms with E-state index in [1.807, 2.05) is 54.6 Å². The molecule has 2 aromatic rings. The Morgan fingerprint density at radius 3 is 2.45 bits per heavy atom. The van der Waals surface area contributed by atoms with E-state index in [9.17, 15) is 8.42 Å². The molecule has 4 rings (SSSR count). The zero-order valence-electron chi connectivity index (χ0n) is 17.1. The number of guanidine groups is 1. The maximum Gasteiger partial charge on any atom is 0.304 e. The molecule has 164 valence electrons. The van der Waals surface area contributed by atoms with Crippen molar-refractivity contribution in [3.63, 3.8) is 0 Å². The van der Waals surface area contributed by atoms with Gasteiger partial charge in [0.05, 0.1) is 25.5 Å². The second-order valence-electron chi connectivity index (χ2n) is 7.20. The highest BCUT2D eigenvalue weighted by atomic mass is 35.5. The summed E-state index contributed by atoms with van der Waals surface area (Å²) in [6, 6.07) is 17.5. The summed E-state index contributed by atoms with van der Waals surface area (Å²) < 4.78 is 34.9. The van der Waals surface area contributed by atoms with Crippen molar-refractivity contribution in [1.29, 1.82) is 0 Å². The number of hydrogen-bond acceptors (Lipinski definition) is 5. The molecule has 1 N–H and O–H groups in total. The summed E-state index contributed by atoms with van der Waals surface area (Å²) in [5, 5.41) is 7.01. The highest BCUT2D eigenvalue weighted by Crippen LogP contribution is 2.29. The highest BCUT2D eigenvalue weighted by molar-refractivity contribution is 7.87. The van der Waals surface area contributed by atoms with Crippen LogP contribution >= 0.6 is 11.6 Å². The van der Waals surface area contributed by atoms with Crippen molar-refractivity contribution < 1.29 is 13.2 Å². The van der Waals surface area contributed by atoms with Gasteiger partial charge in [0.15, 0.2) is 0 Å². The van der Waals surface area contributed by atoms with Crippen molar-refractivity contribution in [3.8, 4) is 0 Å². The molecule has 2 aliphatic rings. The molecule has 2 heterocycles. The van der Waals surface area contributed by atoms with Gasteiger partial charge in [-0.3, -0.25) is 4.99 Å². The molecule has 0 saturated carbocycles. The van der Waals surface area contributed by atoms with Gasteiger partial charge in [-0.1, -0.05) is 54.1 Å². The molecular weight excluding hydrogens is 438 g/mol. The predicted octanol–water partition coefficient (Wildman–Crippen LogP) is 2.30. The molecule has 0 amide bonds. The molecule has 0 aliphatic carbocycles. The highest BCUT2D eigenvalue weighted by Gasteiger charge is 2.34. The zero-order valence-corrected chi connectivity index (χ0v) is 18.7. The lowest BCUT2D eigenvalue weighted by molar-refractivity contribution is 0.0727. The predicted molar refractivity (Wildman–Crippen MR) is 122 cm³/mol. The summed E-state index contributed by atoms with van der Waals surface area (Å²) in [6.07, 6.45) is 0. The van der Waals surface area contributed by atoms with Crippen LogP contribution < -0.4 is 4.72 Å². The zero-order chi connectivity index (χ0) is 21.8. The van der Waals surface area contributed by atoms with Gasteiger partial charge in [0.1, 0.15) is 0 Å². The topological polar surface area (TPSA) is 86.6 Å². The molecule has 2 aromatic carbocycles. The van der Waals surface area contributed by atoms with Crippen molar-refractivity contribution >= 4 is 33.5 Å². The van der Waals surface area contributed by atoms with Gasteiger partial charge in [-0.25, -0.2) is 9.73 Å². The van der Waals surface area contributed by atoms with E-state index in [1.54, 1.807) is 12.1 Å². The Kier molecular flexibility index (Phi) is 6.57. The molecule has 1 fully saturated rings. The average Bonchev–Trinajstić information content (AvgIpc) is 3.24. The molecule has 0 aromatic heterocycles. The van der Waals surface area contributed by atoms with Gasteiger partial charge >= 0.3 is 10.2 Å². The van der Waals surface area contributed by atoms with Crippen LogP contribution in [0.5, 0.6) is 0 Å². The van der Waals surface area contributed by atoms with Gasteiger partial charge in [-0.05, 0) is 23.3 Å². The number of morpholine rings is 1. The second-order valence-corrected chi connectivity index (χ2v) is 9.31. The van der Waals surface area contributed by atoms with E-state index >= 15 is 0 Å². The van der Waals surface area contributed by atoms with E-state index in [4.69, 9.17) is 21.4 Å². The van der Waals surface area contributed by atoms with E-state index < -0.39 is 10.2 Å². The lowest BCUT2D eigenvalue weighted by Crippen LogP contribution is -2.51. The lowest BCUT2D eigenvalue weighted by atomic mass is 9.91. The number of aliphatic imine (C=N–C) groups is 1. The SMILES string of the molecule is CN=C(NS(=O)(=O)N1CCOCC1)N1CC(c2ccccc2)C(c2ccc(Cl)cc2)=N1. The first-order valence-corrected chi connectivity index (χ1v) is 11.8. The van der Waals surface area contributed by atoms with Crippen LogP contribution in [0.15, 0.2) is 64.7 Å². The van der Waals surface area contributed by atoms with Gasteiger partial charge in [-0.15, -0.1) is 0 Å². The van der Waals surface area contributed by atoms with Crippen LogP contribution in [0.4, 0.5) is 0 Å². The van der Waals surface area contributed by atoms with E-state index in [2.05, 4.69) is 9.71 Å². The number of ether oxygens (including phenoxy) is 1. The Labute approximate surface area is 187 Å². The van der Waals surface area contributed by atoms with E-state index in [0.29, 0.717) is 37.9 Å². The van der Waals surface area contributed by atoms with Gasteiger partial charge < -0.3 is 4.74 Å². The number of nitrogens with one attached hydrogen (secondary N) is 1. The maximum atomic E-state index is 12.8. The van der Waals surface area contributed by atoms with Crippen LogP contribution in [0.3, 0.4) is 0 Å². The molecule has 1 unspecified atom stereocenters. The first-order valence-electron chi connectivity index (χ1n) is 9.97. The van der Waals surface area contributed by atoms with E-state index in [-0.39, 0.29) is 11.9 Å². The number of hydrogen-bond donors (Lipinski definition) is 1. The molecule has 0 radical (unpaired) electrons. The third kappa shape index (κ3) is 4.90. The first-order chi connectivity index (χ1) is 15.0. The minimum absolute atomic E-state index is 0.0491. The minimum Gasteiger partial charge on any atom is -0.379 e. The van der Waals surface area contributed by atoms with Crippen LogP contribution in [0, 0.1) is 0 Å². The Morgan fingerprint density at radius 2 is 1.81 bits per heavy atom. The molecular formula is C21H24ClN5O3S. The van der Waals surface area contributed by atoms with Crippen molar-refractivity contribution in [3.05, 3.63) is 70.7 Å². The van der Waals surface area contributed by atoms with Crippen LogP contribution in [-0.4, -0.2) is 69.3 Å². The number of halogens is 1. The quantitative estimate of drug-likeness (QED) is 0.559. The van der Waals surface area contributed by atoms with Gasteiger partial charge in [0, 0.05) is 31.1 Å². The average molecular weight is 462 g/mol. The molecule has 1 saturated heterocycles. The minimum atomic E-state index is -3.76. The molecule has 0 spiro atoms. The van der Waals surface area contributed by atoms with Crippen LogP contribution in [-0.2, 0) is 14.9 Å². The summed E-state index contributed by atoms with van der Waals surface area (Å²) in [5.41, 5.74) is 2.84. The summed E-state index contributed by atoms with van der Waals surface area (Å²) in [5.74, 6) is 0.128. The lowest BCUT2D eigenvalue weighted by Gasteiger charge is -2.27. The fourth-order valence-corrected chi connectivity index (χ4v) is 4.95. The van der Waals surface area contributed by atoms with Crippen LogP contribution in [0.1, 0.15) is 17.0 Å². The Hall–Kier alpha value is -2.46. The van der Waals surface area contributed by atoms with E-state index in [0.717, 1.165) is 16.8 Å². The van der Waals surface area contributed by atoms with Crippen LogP contribution in [0.25, 0.3) is 0 Å². The maximum absolute atomic E-state index is 12.8. The van der Waals surface area contributed by atoms with Gasteiger partial charge in [0.25, 0.3) is 0 Å². The fraction of sp³-hybridized carbons (Fsp3) is 0.333. The number of rotatable bonds is 4. The van der Waals surface area contributed by atoms with Gasteiger partial charge in [-0.2, -0.15) is 17.8 Å². The molecule has 31 heavy (non-hydrogen) atoms. The summed E-state index contributed by atoms with van der Waals surface area (Å²) in [4.78, 5) is 4.19. The van der Waals surface area contributed by atoms with Crippen molar-refractivity contribution in [2.45, 2.75) is 5.92 Å². The smallest absolute Gasteiger partial charge is 0.304 e. The normalized spacial score (nSPS) is 20.6. The second kappa shape index (κ2) is 9.35. The Balaban J connectivity index is 1.63. The number of nitrogens with zero attached hydrogens (tertiary/aromatic N) is 4. The van der Waals surface area contributed by atoms with Crippen molar-refractivity contribution in [2.24, 2.45) is 10.1 Å². The summed E-state index contributed by atoms with van der Waals surface area (Å²) in [7, 11) is -2.21. The Morgan fingerprint density at radius 1 is 1.13 bits per heavy atom.